The van der Waals surface area contributed by atoms with Gasteiger partial charge in [0.25, 0.3) is 0 Å². The van der Waals surface area contributed by atoms with Crippen LogP contribution in [-0.4, -0.2) is 25.8 Å². The second-order valence-electron chi connectivity index (χ2n) is 7.07. The van der Waals surface area contributed by atoms with E-state index in [1.165, 1.54) is 44.1 Å². The average molecular weight is 391 g/mol. The molecule has 1 saturated carbocycles. The third kappa shape index (κ3) is 10.8. The molecule has 3 heteroatoms. The first kappa shape index (κ1) is 26.6. The van der Waals surface area contributed by atoms with Crippen molar-refractivity contribution in [3.05, 3.63) is 48.6 Å². The molecule has 1 unspecified atom stereocenters. The van der Waals surface area contributed by atoms with Gasteiger partial charge in [-0.25, -0.2) is 0 Å². The zero-order valence-corrected chi connectivity index (χ0v) is 18.6. The maximum Gasteiger partial charge on any atom is 0.154 e. The topological polar surface area (TPSA) is 35.5 Å². The van der Waals surface area contributed by atoms with Crippen LogP contribution in [0.15, 0.2) is 37.4 Å². The summed E-state index contributed by atoms with van der Waals surface area (Å²) in [5.74, 6) is 1.63. The third-order valence-electron chi connectivity index (χ3n) is 5.31. The fourth-order valence-corrected chi connectivity index (χ4v) is 3.88. The number of hydrogen-bond donors (Lipinski definition) is 0. The Kier molecular flexibility index (Phi) is 16.7. The van der Waals surface area contributed by atoms with Crippen molar-refractivity contribution >= 4 is 6.29 Å². The average Bonchev–Trinajstić information content (AvgIpc) is 2.75. The van der Waals surface area contributed by atoms with Gasteiger partial charge in [-0.3, -0.25) is 4.79 Å². The number of ether oxygens (including phenoxy) is 2. The van der Waals surface area contributed by atoms with Crippen molar-refractivity contribution in [2.75, 3.05) is 13.2 Å². The molecule has 1 aliphatic carbocycles. The highest BCUT2D eigenvalue weighted by Crippen LogP contribution is 2.34. The molecule has 3 nitrogen and oxygen atoms in total. The van der Waals surface area contributed by atoms with Crippen molar-refractivity contribution in [1.29, 1.82) is 0 Å². The molecule has 0 amide bonds. The second kappa shape index (κ2) is 17.6. The van der Waals surface area contributed by atoms with Crippen LogP contribution in [0.25, 0.3) is 0 Å². The number of benzene rings is 1. The van der Waals surface area contributed by atoms with Gasteiger partial charge in [-0.2, -0.15) is 0 Å². The molecule has 2 rings (SSSR count). The van der Waals surface area contributed by atoms with Gasteiger partial charge in [0.05, 0.1) is 0 Å². The van der Waals surface area contributed by atoms with E-state index in [0.717, 1.165) is 43.3 Å². The molecular formula is C25H42O3. The zero-order chi connectivity index (χ0) is 21.2. The first-order valence-corrected chi connectivity index (χ1v) is 10.9. The molecule has 0 aliphatic heterocycles. The van der Waals surface area contributed by atoms with Crippen LogP contribution >= 0.6 is 0 Å². The Bertz CT molecular complexity index is 488. The third-order valence-corrected chi connectivity index (χ3v) is 5.31. The molecule has 0 spiro atoms. The minimum atomic E-state index is -0.0370. The van der Waals surface area contributed by atoms with Gasteiger partial charge in [0, 0.05) is 18.8 Å². The van der Waals surface area contributed by atoms with Crippen LogP contribution in [-0.2, 0) is 15.9 Å². The summed E-state index contributed by atoms with van der Waals surface area (Å²) in [6, 6.07) is 8.07. The highest BCUT2D eigenvalue weighted by atomic mass is 16.7. The standard InChI is InChI=1S/C17H24O.C6H14O2.C2H4/c1-2-14(15-8-4-3-5-9-15)12-16-10-6-7-11-17(16)13-18;1-4-7-6(3)8-5-2;1-2/h6-7,10-11,13-15H,2-5,8-9,12H2,1H3;6H,4-5H2,1-3H3;1-2H2. The van der Waals surface area contributed by atoms with Gasteiger partial charge in [0.1, 0.15) is 6.29 Å². The van der Waals surface area contributed by atoms with Crippen LogP contribution < -0.4 is 0 Å². The zero-order valence-electron chi connectivity index (χ0n) is 18.6. The molecule has 160 valence electrons. The van der Waals surface area contributed by atoms with Crippen molar-refractivity contribution in [3.63, 3.8) is 0 Å². The minimum absolute atomic E-state index is 0.0370. The number of aldehydes is 1. The lowest BCUT2D eigenvalue weighted by Gasteiger charge is -2.30. The van der Waals surface area contributed by atoms with Gasteiger partial charge >= 0.3 is 0 Å². The van der Waals surface area contributed by atoms with Crippen LogP contribution in [0.4, 0.5) is 0 Å². The summed E-state index contributed by atoms with van der Waals surface area (Å²) in [5, 5.41) is 0. The van der Waals surface area contributed by atoms with Crippen LogP contribution in [0.3, 0.4) is 0 Å². The maximum atomic E-state index is 11.1. The molecule has 28 heavy (non-hydrogen) atoms. The Balaban J connectivity index is 0.000000618. The summed E-state index contributed by atoms with van der Waals surface area (Å²) in [5.41, 5.74) is 2.12. The lowest BCUT2D eigenvalue weighted by molar-refractivity contribution is -0.123. The second-order valence-corrected chi connectivity index (χ2v) is 7.07. The van der Waals surface area contributed by atoms with Gasteiger partial charge in [0.15, 0.2) is 6.29 Å². The smallest absolute Gasteiger partial charge is 0.154 e. The van der Waals surface area contributed by atoms with Crippen molar-refractivity contribution < 1.29 is 14.3 Å². The number of carbonyl (C=O) groups excluding carboxylic acids is 1. The lowest BCUT2D eigenvalue weighted by Crippen LogP contribution is -2.20. The molecule has 0 bridgehead atoms. The maximum absolute atomic E-state index is 11.1. The molecular weight excluding hydrogens is 348 g/mol. The number of hydrogen-bond acceptors (Lipinski definition) is 3. The summed E-state index contributed by atoms with van der Waals surface area (Å²) in [7, 11) is 0. The molecule has 1 aromatic rings. The van der Waals surface area contributed by atoms with Crippen molar-refractivity contribution in [2.24, 2.45) is 11.8 Å². The molecule has 0 saturated heterocycles. The highest BCUT2D eigenvalue weighted by molar-refractivity contribution is 5.77. The molecule has 0 heterocycles. The Labute approximate surface area is 173 Å². The SMILES string of the molecule is C=C.CCC(Cc1ccccc1C=O)C1CCCCC1.CCOC(C)OCC. The van der Waals surface area contributed by atoms with Gasteiger partial charge in [0.2, 0.25) is 0 Å². The van der Waals surface area contributed by atoms with E-state index < -0.39 is 0 Å². The van der Waals surface area contributed by atoms with Crippen molar-refractivity contribution in [2.45, 2.75) is 78.9 Å². The van der Waals surface area contributed by atoms with Gasteiger partial charge in [-0.1, -0.05) is 69.7 Å². The molecule has 1 aromatic carbocycles. The van der Waals surface area contributed by atoms with Crippen LogP contribution in [0.2, 0.25) is 0 Å². The van der Waals surface area contributed by atoms with Crippen LogP contribution in [0.5, 0.6) is 0 Å². The normalized spacial score (nSPS) is 15.0. The fourth-order valence-electron chi connectivity index (χ4n) is 3.88. The Hall–Kier alpha value is -1.45. The minimum Gasteiger partial charge on any atom is -0.353 e. The van der Waals surface area contributed by atoms with E-state index in [2.05, 4.69) is 32.2 Å². The van der Waals surface area contributed by atoms with E-state index in [9.17, 15) is 4.79 Å². The van der Waals surface area contributed by atoms with E-state index >= 15 is 0 Å². The predicted molar refractivity (Wildman–Crippen MR) is 120 cm³/mol. The summed E-state index contributed by atoms with van der Waals surface area (Å²) >= 11 is 0. The summed E-state index contributed by atoms with van der Waals surface area (Å²) in [6.45, 7) is 15.5. The molecule has 1 aliphatic rings. The Morgan fingerprint density at radius 3 is 2.11 bits per heavy atom. The van der Waals surface area contributed by atoms with Crippen LogP contribution in [0, 0.1) is 11.8 Å². The van der Waals surface area contributed by atoms with Crippen molar-refractivity contribution in [1.82, 2.24) is 0 Å². The van der Waals surface area contributed by atoms with Crippen LogP contribution in [0.1, 0.15) is 82.1 Å². The fraction of sp³-hybridized carbons (Fsp3) is 0.640. The Morgan fingerprint density at radius 2 is 1.61 bits per heavy atom. The van der Waals surface area contributed by atoms with E-state index in [-0.39, 0.29) is 6.29 Å². The van der Waals surface area contributed by atoms with Gasteiger partial charge in [-0.05, 0) is 44.6 Å². The van der Waals surface area contributed by atoms with Gasteiger partial charge in [-0.15, -0.1) is 13.2 Å². The number of rotatable bonds is 9. The van der Waals surface area contributed by atoms with E-state index in [1.807, 2.05) is 32.9 Å². The summed E-state index contributed by atoms with van der Waals surface area (Å²) in [4.78, 5) is 11.1. The van der Waals surface area contributed by atoms with E-state index in [1.54, 1.807) is 0 Å². The first-order chi connectivity index (χ1) is 13.7. The van der Waals surface area contributed by atoms with Gasteiger partial charge < -0.3 is 9.47 Å². The highest BCUT2D eigenvalue weighted by Gasteiger charge is 2.23. The molecule has 0 radical (unpaired) electrons. The summed E-state index contributed by atoms with van der Waals surface area (Å²) in [6.07, 6.45) is 10.3. The number of carbonyl (C=O) groups is 1. The monoisotopic (exact) mass is 390 g/mol. The molecule has 0 aromatic heterocycles. The van der Waals surface area contributed by atoms with Crippen molar-refractivity contribution in [3.8, 4) is 0 Å². The lowest BCUT2D eigenvalue weighted by atomic mass is 9.76. The summed E-state index contributed by atoms with van der Waals surface area (Å²) < 4.78 is 10.1. The van der Waals surface area contributed by atoms with E-state index in [0.29, 0.717) is 0 Å². The quantitative estimate of drug-likeness (QED) is 0.262. The molecule has 1 fully saturated rings. The Morgan fingerprint density at radius 1 is 1.04 bits per heavy atom. The molecule has 1 atom stereocenters. The first-order valence-electron chi connectivity index (χ1n) is 10.9. The van der Waals surface area contributed by atoms with E-state index in [4.69, 9.17) is 9.47 Å². The molecule has 0 N–H and O–H groups in total. The largest absolute Gasteiger partial charge is 0.353 e. The predicted octanol–water partition coefficient (Wildman–Crippen LogP) is 6.86.